The van der Waals surface area contributed by atoms with Gasteiger partial charge in [-0.1, -0.05) is 30.3 Å². The van der Waals surface area contributed by atoms with Crippen molar-refractivity contribution in [3.8, 4) is 5.75 Å². The molecular weight excluding hydrogens is 254 g/mol. The van der Waals surface area contributed by atoms with Crippen molar-refractivity contribution in [2.45, 2.75) is 19.1 Å². The normalized spacial score (nSPS) is 16.3. The summed E-state index contributed by atoms with van der Waals surface area (Å²) in [6.45, 7) is 0.509. The molecule has 4 heteroatoms. The lowest BCUT2D eigenvalue weighted by Gasteiger charge is -2.08. The Morgan fingerprint density at radius 3 is 2.80 bits per heavy atom. The average Bonchev–Trinajstić information content (AvgIpc) is 2.89. The fraction of sp³-hybridized carbons (Fsp3) is 0.188. The summed E-state index contributed by atoms with van der Waals surface area (Å²) in [5.74, 6) is -0.0617. The van der Waals surface area contributed by atoms with Crippen molar-refractivity contribution in [1.82, 2.24) is 0 Å². The first kappa shape index (κ1) is 12.5. The third kappa shape index (κ3) is 2.59. The molecule has 0 spiro atoms. The van der Waals surface area contributed by atoms with E-state index < -0.39 is 12.0 Å². The maximum atomic E-state index is 11.0. The minimum absolute atomic E-state index is 0.493. The van der Waals surface area contributed by atoms with Crippen LogP contribution in [0, 0.1) is 0 Å². The van der Waals surface area contributed by atoms with Crippen LogP contribution in [-0.4, -0.2) is 17.1 Å². The van der Waals surface area contributed by atoms with E-state index in [0.29, 0.717) is 13.0 Å². The summed E-state index contributed by atoms with van der Waals surface area (Å²) in [5, 5.41) is 12.0. The molecule has 1 heterocycles. The Morgan fingerprint density at radius 2 is 2.05 bits per heavy atom. The smallest absolute Gasteiger partial charge is 0.326 e. The second kappa shape index (κ2) is 5.25. The molecule has 1 atom stereocenters. The number of fused-ring (bicyclic) bond motifs is 1. The van der Waals surface area contributed by atoms with Crippen LogP contribution in [0.5, 0.6) is 5.75 Å². The Morgan fingerprint density at radius 1 is 1.25 bits per heavy atom. The zero-order valence-electron chi connectivity index (χ0n) is 10.9. The van der Waals surface area contributed by atoms with Gasteiger partial charge in [-0.05, 0) is 29.3 Å². The molecule has 2 aromatic rings. The van der Waals surface area contributed by atoms with Gasteiger partial charge in [0.2, 0.25) is 0 Å². The lowest BCUT2D eigenvalue weighted by Crippen LogP contribution is -2.26. The lowest BCUT2D eigenvalue weighted by atomic mass is 10.1. The molecule has 1 unspecified atom stereocenters. The average molecular weight is 269 g/mol. The van der Waals surface area contributed by atoms with Crippen LogP contribution in [0.25, 0.3) is 0 Å². The summed E-state index contributed by atoms with van der Waals surface area (Å²) in [5.41, 5.74) is 2.97. The SMILES string of the molecule is O=C(O)C1Cc2cc(OCc3ccccc3)ccc2N1. The van der Waals surface area contributed by atoms with Gasteiger partial charge in [0.15, 0.2) is 0 Å². The molecule has 0 aliphatic carbocycles. The van der Waals surface area contributed by atoms with E-state index in [1.165, 1.54) is 0 Å². The maximum absolute atomic E-state index is 11.0. The molecule has 1 aliphatic heterocycles. The second-order valence-electron chi connectivity index (χ2n) is 4.83. The fourth-order valence-electron chi connectivity index (χ4n) is 2.32. The summed E-state index contributed by atoms with van der Waals surface area (Å²) in [7, 11) is 0. The quantitative estimate of drug-likeness (QED) is 0.896. The van der Waals surface area contributed by atoms with Crippen LogP contribution in [-0.2, 0) is 17.8 Å². The Labute approximate surface area is 117 Å². The molecule has 0 bridgehead atoms. The number of nitrogens with one attached hydrogen (secondary N) is 1. The zero-order chi connectivity index (χ0) is 13.9. The second-order valence-corrected chi connectivity index (χ2v) is 4.83. The van der Waals surface area contributed by atoms with Crippen molar-refractivity contribution in [2.24, 2.45) is 0 Å². The van der Waals surface area contributed by atoms with Crippen molar-refractivity contribution >= 4 is 11.7 Å². The highest BCUT2D eigenvalue weighted by molar-refractivity contribution is 5.81. The van der Waals surface area contributed by atoms with Gasteiger partial charge in [-0.3, -0.25) is 0 Å². The summed E-state index contributed by atoms with van der Waals surface area (Å²) in [6, 6.07) is 15.0. The molecule has 2 aromatic carbocycles. The van der Waals surface area contributed by atoms with Crippen LogP contribution in [0.1, 0.15) is 11.1 Å². The number of anilines is 1. The van der Waals surface area contributed by atoms with Crippen molar-refractivity contribution in [3.63, 3.8) is 0 Å². The third-order valence-corrected chi connectivity index (χ3v) is 3.38. The maximum Gasteiger partial charge on any atom is 0.326 e. The molecule has 4 nitrogen and oxygen atoms in total. The van der Waals surface area contributed by atoms with E-state index in [-0.39, 0.29) is 0 Å². The highest BCUT2D eigenvalue weighted by atomic mass is 16.5. The van der Waals surface area contributed by atoms with Gasteiger partial charge in [-0.15, -0.1) is 0 Å². The van der Waals surface area contributed by atoms with E-state index in [9.17, 15) is 4.79 Å². The van der Waals surface area contributed by atoms with E-state index in [0.717, 1.165) is 22.6 Å². The van der Waals surface area contributed by atoms with Crippen molar-refractivity contribution in [1.29, 1.82) is 0 Å². The Balaban J connectivity index is 1.68. The minimum atomic E-state index is -0.826. The highest BCUT2D eigenvalue weighted by Gasteiger charge is 2.26. The van der Waals surface area contributed by atoms with E-state index in [1.807, 2.05) is 48.5 Å². The zero-order valence-corrected chi connectivity index (χ0v) is 10.9. The van der Waals surface area contributed by atoms with Crippen molar-refractivity contribution in [3.05, 3.63) is 59.7 Å². The first-order valence-corrected chi connectivity index (χ1v) is 6.51. The summed E-state index contributed by atoms with van der Waals surface area (Å²) >= 11 is 0. The first-order chi connectivity index (χ1) is 9.72. The standard InChI is InChI=1S/C16H15NO3/c18-16(19)15-9-12-8-13(6-7-14(12)17-15)20-10-11-4-2-1-3-5-11/h1-8,15,17H,9-10H2,(H,18,19). The van der Waals surface area contributed by atoms with Crippen LogP contribution in [0.3, 0.4) is 0 Å². The van der Waals surface area contributed by atoms with Gasteiger partial charge in [-0.2, -0.15) is 0 Å². The molecule has 0 saturated carbocycles. The Kier molecular flexibility index (Phi) is 3.29. The van der Waals surface area contributed by atoms with Crippen LogP contribution in [0.15, 0.2) is 48.5 Å². The number of ether oxygens (including phenoxy) is 1. The van der Waals surface area contributed by atoms with Gasteiger partial charge in [0.1, 0.15) is 18.4 Å². The number of hydrogen-bond acceptors (Lipinski definition) is 3. The van der Waals surface area contributed by atoms with Crippen molar-refractivity contribution in [2.75, 3.05) is 5.32 Å². The molecule has 20 heavy (non-hydrogen) atoms. The summed E-state index contributed by atoms with van der Waals surface area (Å²) < 4.78 is 5.74. The lowest BCUT2D eigenvalue weighted by molar-refractivity contribution is -0.137. The predicted molar refractivity (Wildman–Crippen MR) is 76.0 cm³/mol. The fourth-order valence-corrected chi connectivity index (χ4v) is 2.32. The number of carbonyl (C=O) groups is 1. The van der Waals surface area contributed by atoms with Crippen LogP contribution in [0.2, 0.25) is 0 Å². The molecule has 102 valence electrons. The number of carboxylic acid groups (broad SMARTS) is 1. The van der Waals surface area contributed by atoms with Crippen LogP contribution < -0.4 is 10.1 Å². The molecule has 0 radical (unpaired) electrons. The molecule has 2 N–H and O–H groups in total. The summed E-state index contributed by atoms with van der Waals surface area (Å²) in [4.78, 5) is 11.0. The Bertz CT molecular complexity index is 625. The Hall–Kier alpha value is -2.49. The first-order valence-electron chi connectivity index (χ1n) is 6.51. The largest absolute Gasteiger partial charge is 0.489 e. The topological polar surface area (TPSA) is 58.6 Å². The minimum Gasteiger partial charge on any atom is -0.489 e. The van der Waals surface area contributed by atoms with Gasteiger partial charge >= 0.3 is 5.97 Å². The number of hydrogen-bond donors (Lipinski definition) is 2. The van der Waals surface area contributed by atoms with Gasteiger partial charge in [-0.25, -0.2) is 4.79 Å². The van der Waals surface area contributed by atoms with Gasteiger partial charge in [0.25, 0.3) is 0 Å². The predicted octanol–water partition coefficient (Wildman–Crippen LogP) is 2.69. The van der Waals surface area contributed by atoms with E-state index in [4.69, 9.17) is 9.84 Å². The number of carboxylic acids is 1. The van der Waals surface area contributed by atoms with E-state index >= 15 is 0 Å². The monoisotopic (exact) mass is 269 g/mol. The number of aliphatic carboxylic acids is 1. The molecular formula is C16H15NO3. The molecule has 0 aromatic heterocycles. The third-order valence-electron chi connectivity index (χ3n) is 3.38. The van der Waals surface area contributed by atoms with Gasteiger partial charge < -0.3 is 15.2 Å². The molecule has 1 aliphatic rings. The molecule has 0 saturated heterocycles. The molecule has 0 amide bonds. The van der Waals surface area contributed by atoms with Gasteiger partial charge in [0.05, 0.1) is 0 Å². The van der Waals surface area contributed by atoms with E-state index in [1.54, 1.807) is 0 Å². The number of benzene rings is 2. The summed E-state index contributed by atoms with van der Waals surface area (Å²) in [6.07, 6.45) is 0.493. The van der Waals surface area contributed by atoms with Crippen LogP contribution in [0.4, 0.5) is 5.69 Å². The van der Waals surface area contributed by atoms with Crippen molar-refractivity contribution < 1.29 is 14.6 Å². The van der Waals surface area contributed by atoms with Crippen LogP contribution >= 0.6 is 0 Å². The van der Waals surface area contributed by atoms with Gasteiger partial charge in [0, 0.05) is 12.1 Å². The number of rotatable bonds is 4. The highest BCUT2D eigenvalue weighted by Crippen LogP contribution is 2.29. The molecule has 0 fully saturated rings. The molecule has 3 rings (SSSR count). The van der Waals surface area contributed by atoms with E-state index in [2.05, 4.69) is 5.32 Å².